The maximum atomic E-state index is 9.41. The zero-order valence-corrected chi connectivity index (χ0v) is 12.8. The first-order valence-electron chi connectivity index (χ1n) is 7.94. The fourth-order valence-electron chi connectivity index (χ4n) is 3.05. The molecule has 0 amide bonds. The standard InChI is InChI=1S/C17H28N2O/c1-3-10-18-14(2)16-8-4-5-9-17(16)19-11-6-7-15(12-19)13-20/h4-5,8-9,14-15,18,20H,3,6-7,10-13H2,1-2H3. The lowest BCUT2D eigenvalue weighted by Gasteiger charge is -2.35. The number of rotatable bonds is 6. The second kappa shape index (κ2) is 7.65. The predicted octanol–water partition coefficient (Wildman–Crippen LogP) is 2.96. The highest BCUT2D eigenvalue weighted by Gasteiger charge is 2.22. The number of nitrogens with zero attached hydrogens (tertiary/aromatic N) is 1. The van der Waals surface area contributed by atoms with E-state index in [9.17, 15) is 5.11 Å². The van der Waals surface area contributed by atoms with Crippen molar-refractivity contribution in [1.82, 2.24) is 5.32 Å². The number of para-hydroxylation sites is 1. The lowest BCUT2D eigenvalue weighted by atomic mass is 9.96. The highest BCUT2D eigenvalue weighted by Crippen LogP contribution is 2.29. The average molecular weight is 276 g/mol. The number of benzene rings is 1. The van der Waals surface area contributed by atoms with Crippen LogP contribution < -0.4 is 10.2 Å². The van der Waals surface area contributed by atoms with Crippen molar-refractivity contribution in [2.45, 2.75) is 39.2 Å². The molecule has 2 rings (SSSR count). The molecule has 1 aliphatic rings. The van der Waals surface area contributed by atoms with Gasteiger partial charge in [0.15, 0.2) is 0 Å². The molecule has 1 aromatic rings. The highest BCUT2D eigenvalue weighted by atomic mass is 16.3. The van der Waals surface area contributed by atoms with Crippen molar-refractivity contribution in [2.24, 2.45) is 5.92 Å². The fourth-order valence-corrected chi connectivity index (χ4v) is 3.05. The number of aliphatic hydroxyl groups is 1. The molecule has 0 aromatic heterocycles. The minimum Gasteiger partial charge on any atom is -0.396 e. The molecule has 1 aliphatic heterocycles. The van der Waals surface area contributed by atoms with Crippen LogP contribution in [0.25, 0.3) is 0 Å². The van der Waals surface area contributed by atoms with Gasteiger partial charge < -0.3 is 15.3 Å². The molecule has 3 nitrogen and oxygen atoms in total. The van der Waals surface area contributed by atoms with Crippen molar-refractivity contribution in [1.29, 1.82) is 0 Å². The van der Waals surface area contributed by atoms with Crippen LogP contribution in [0.3, 0.4) is 0 Å². The third-order valence-corrected chi connectivity index (χ3v) is 4.22. The maximum Gasteiger partial charge on any atom is 0.0476 e. The topological polar surface area (TPSA) is 35.5 Å². The Hall–Kier alpha value is -1.06. The third-order valence-electron chi connectivity index (χ3n) is 4.22. The average Bonchev–Trinajstić information content (AvgIpc) is 2.52. The van der Waals surface area contributed by atoms with Crippen LogP contribution in [0.15, 0.2) is 24.3 Å². The first kappa shape index (κ1) is 15.3. The molecule has 0 bridgehead atoms. The fraction of sp³-hybridized carbons (Fsp3) is 0.647. The van der Waals surface area contributed by atoms with E-state index in [1.807, 2.05) is 0 Å². The Kier molecular flexibility index (Phi) is 5.86. The Balaban J connectivity index is 2.14. The monoisotopic (exact) mass is 276 g/mol. The summed E-state index contributed by atoms with van der Waals surface area (Å²) in [6, 6.07) is 9.06. The van der Waals surface area contributed by atoms with Gasteiger partial charge in [-0.2, -0.15) is 0 Å². The molecule has 0 radical (unpaired) electrons. The van der Waals surface area contributed by atoms with E-state index in [4.69, 9.17) is 0 Å². The molecular weight excluding hydrogens is 248 g/mol. The van der Waals surface area contributed by atoms with Crippen LogP contribution >= 0.6 is 0 Å². The first-order valence-corrected chi connectivity index (χ1v) is 7.94. The number of hydrogen-bond donors (Lipinski definition) is 2. The van der Waals surface area contributed by atoms with E-state index in [1.165, 1.54) is 17.7 Å². The van der Waals surface area contributed by atoms with Crippen LogP contribution in [0, 0.1) is 5.92 Å². The SMILES string of the molecule is CCCNC(C)c1ccccc1N1CCCC(CO)C1. The molecular formula is C17H28N2O. The van der Waals surface area contributed by atoms with E-state index in [-0.39, 0.29) is 0 Å². The van der Waals surface area contributed by atoms with Gasteiger partial charge in [-0.05, 0) is 50.3 Å². The van der Waals surface area contributed by atoms with Gasteiger partial charge in [0, 0.05) is 31.4 Å². The summed E-state index contributed by atoms with van der Waals surface area (Å²) in [5.74, 6) is 0.427. The molecule has 3 heteroatoms. The Morgan fingerprint density at radius 1 is 1.40 bits per heavy atom. The van der Waals surface area contributed by atoms with Crippen LogP contribution in [-0.4, -0.2) is 31.3 Å². The van der Waals surface area contributed by atoms with Gasteiger partial charge in [0.05, 0.1) is 0 Å². The Bertz CT molecular complexity index is 408. The van der Waals surface area contributed by atoms with Crippen LogP contribution in [0.1, 0.15) is 44.7 Å². The maximum absolute atomic E-state index is 9.41. The quantitative estimate of drug-likeness (QED) is 0.838. The summed E-state index contributed by atoms with van der Waals surface area (Å²) in [5.41, 5.74) is 2.71. The Labute approximate surface area is 123 Å². The molecule has 1 heterocycles. The molecule has 1 saturated heterocycles. The number of anilines is 1. The number of nitrogens with one attached hydrogen (secondary N) is 1. The van der Waals surface area contributed by atoms with E-state index in [2.05, 4.69) is 48.3 Å². The van der Waals surface area contributed by atoms with E-state index in [0.29, 0.717) is 18.6 Å². The largest absolute Gasteiger partial charge is 0.396 e. The molecule has 2 atom stereocenters. The van der Waals surface area contributed by atoms with Crippen LogP contribution in [0.5, 0.6) is 0 Å². The zero-order valence-electron chi connectivity index (χ0n) is 12.8. The summed E-state index contributed by atoms with van der Waals surface area (Å²) in [5, 5.41) is 13.0. The van der Waals surface area contributed by atoms with E-state index < -0.39 is 0 Å². The summed E-state index contributed by atoms with van der Waals surface area (Å²) >= 11 is 0. The molecule has 112 valence electrons. The molecule has 0 saturated carbocycles. The van der Waals surface area contributed by atoms with Gasteiger partial charge in [-0.1, -0.05) is 25.1 Å². The second-order valence-electron chi connectivity index (χ2n) is 5.87. The van der Waals surface area contributed by atoms with E-state index >= 15 is 0 Å². The molecule has 0 spiro atoms. The predicted molar refractivity (Wildman–Crippen MR) is 85.2 cm³/mol. The molecule has 1 fully saturated rings. The molecule has 1 aromatic carbocycles. The summed E-state index contributed by atoms with van der Waals surface area (Å²) in [7, 11) is 0. The highest BCUT2D eigenvalue weighted by molar-refractivity contribution is 5.55. The van der Waals surface area contributed by atoms with Gasteiger partial charge in [-0.15, -0.1) is 0 Å². The Morgan fingerprint density at radius 2 is 2.20 bits per heavy atom. The van der Waals surface area contributed by atoms with Gasteiger partial charge in [0.2, 0.25) is 0 Å². The van der Waals surface area contributed by atoms with Gasteiger partial charge in [-0.25, -0.2) is 0 Å². The van der Waals surface area contributed by atoms with Crippen LogP contribution in [-0.2, 0) is 0 Å². The smallest absolute Gasteiger partial charge is 0.0476 e. The summed E-state index contributed by atoms with van der Waals surface area (Å²) in [6.45, 7) is 7.88. The first-order chi connectivity index (χ1) is 9.76. The number of aliphatic hydroxyl groups excluding tert-OH is 1. The van der Waals surface area contributed by atoms with Crippen molar-refractivity contribution in [3.63, 3.8) is 0 Å². The van der Waals surface area contributed by atoms with E-state index in [1.54, 1.807) is 0 Å². The van der Waals surface area contributed by atoms with Crippen LogP contribution in [0.4, 0.5) is 5.69 Å². The molecule has 2 N–H and O–H groups in total. The van der Waals surface area contributed by atoms with Crippen molar-refractivity contribution >= 4 is 5.69 Å². The zero-order chi connectivity index (χ0) is 14.4. The van der Waals surface area contributed by atoms with Crippen molar-refractivity contribution < 1.29 is 5.11 Å². The van der Waals surface area contributed by atoms with Gasteiger partial charge in [0.25, 0.3) is 0 Å². The van der Waals surface area contributed by atoms with Gasteiger partial charge >= 0.3 is 0 Å². The number of hydrogen-bond acceptors (Lipinski definition) is 3. The lowest BCUT2D eigenvalue weighted by Crippen LogP contribution is -2.37. The molecule has 20 heavy (non-hydrogen) atoms. The van der Waals surface area contributed by atoms with Crippen molar-refractivity contribution in [3.05, 3.63) is 29.8 Å². The van der Waals surface area contributed by atoms with E-state index in [0.717, 1.165) is 32.5 Å². The van der Waals surface area contributed by atoms with Crippen molar-refractivity contribution in [3.8, 4) is 0 Å². The second-order valence-corrected chi connectivity index (χ2v) is 5.87. The lowest BCUT2D eigenvalue weighted by molar-refractivity contribution is 0.208. The third kappa shape index (κ3) is 3.74. The van der Waals surface area contributed by atoms with Crippen molar-refractivity contribution in [2.75, 3.05) is 31.1 Å². The van der Waals surface area contributed by atoms with Crippen LogP contribution in [0.2, 0.25) is 0 Å². The van der Waals surface area contributed by atoms with Gasteiger partial charge in [-0.3, -0.25) is 0 Å². The summed E-state index contributed by atoms with van der Waals surface area (Å²) < 4.78 is 0. The minimum absolute atomic E-state index is 0.308. The van der Waals surface area contributed by atoms with Gasteiger partial charge in [0.1, 0.15) is 0 Å². The minimum atomic E-state index is 0.308. The normalized spacial score (nSPS) is 20.9. The Morgan fingerprint density at radius 3 is 2.95 bits per heavy atom. The molecule has 2 unspecified atom stereocenters. The number of piperidine rings is 1. The summed E-state index contributed by atoms with van der Waals surface area (Å²) in [6.07, 6.45) is 3.48. The summed E-state index contributed by atoms with van der Waals surface area (Å²) in [4.78, 5) is 2.45. The molecule has 0 aliphatic carbocycles.